The van der Waals surface area contributed by atoms with E-state index in [0.29, 0.717) is 5.76 Å². The zero-order valence-corrected chi connectivity index (χ0v) is 12.4. The average Bonchev–Trinajstić information content (AvgIpc) is 2.83. The minimum atomic E-state index is -0.434. The highest BCUT2D eigenvalue weighted by Crippen LogP contribution is 2.31. The molecule has 0 fully saturated rings. The Morgan fingerprint density at radius 3 is 2.70 bits per heavy atom. The lowest BCUT2D eigenvalue weighted by Crippen LogP contribution is -2.11. The number of para-hydroxylation sites is 1. The van der Waals surface area contributed by atoms with Gasteiger partial charge >= 0.3 is 0 Å². The molecule has 1 unspecified atom stereocenters. The molecule has 0 aliphatic carbocycles. The Balaban J connectivity index is 2.08. The number of fused-ring (bicyclic) bond motifs is 1. The molecule has 0 saturated carbocycles. The van der Waals surface area contributed by atoms with Crippen molar-refractivity contribution in [3.05, 3.63) is 69.6 Å². The molecule has 1 aromatic heterocycles. The molecule has 3 rings (SSSR count). The van der Waals surface area contributed by atoms with Crippen molar-refractivity contribution in [1.29, 1.82) is 0 Å². The molecule has 1 atom stereocenters. The normalized spacial score (nSPS) is 12.8. The molecule has 20 heavy (non-hydrogen) atoms. The number of nitrogens with two attached hydrogens (primary N) is 1. The van der Waals surface area contributed by atoms with E-state index < -0.39 is 6.04 Å². The lowest BCUT2D eigenvalue weighted by atomic mass is 10.0. The minimum absolute atomic E-state index is 0.251. The fourth-order valence-corrected chi connectivity index (χ4v) is 2.98. The van der Waals surface area contributed by atoms with Gasteiger partial charge in [-0.25, -0.2) is 4.39 Å². The van der Waals surface area contributed by atoms with Gasteiger partial charge in [-0.2, -0.15) is 0 Å². The Kier molecular flexibility index (Phi) is 3.36. The maximum absolute atomic E-state index is 13.7. The quantitative estimate of drug-likeness (QED) is 0.738. The Hall–Kier alpha value is -1.65. The lowest BCUT2D eigenvalue weighted by Gasteiger charge is -2.11. The van der Waals surface area contributed by atoms with Gasteiger partial charge < -0.3 is 10.2 Å². The second-order valence-corrected chi connectivity index (χ2v) is 5.66. The Morgan fingerprint density at radius 1 is 1.20 bits per heavy atom. The van der Waals surface area contributed by atoms with Gasteiger partial charge in [0.1, 0.15) is 5.76 Å². The fraction of sp³-hybridized carbons (Fsp3) is 0.125. The second kappa shape index (κ2) is 5.04. The topological polar surface area (TPSA) is 39.2 Å². The summed E-state index contributed by atoms with van der Waals surface area (Å²) in [5, 5.41) is 0.721. The molecule has 0 spiro atoms. The van der Waals surface area contributed by atoms with Crippen LogP contribution in [0.1, 0.15) is 22.9 Å². The number of benzene rings is 2. The minimum Gasteiger partial charge on any atom is -0.456 e. The summed E-state index contributed by atoms with van der Waals surface area (Å²) in [4.78, 5) is 0. The molecule has 0 bridgehead atoms. The number of hydrogen-bond acceptors (Lipinski definition) is 2. The van der Waals surface area contributed by atoms with E-state index >= 15 is 0 Å². The molecular formula is C16H13BrFNO. The lowest BCUT2D eigenvalue weighted by molar-refractivity contribution is 0.501. The van der Waals surface area contributed by atoms with Gasteiger partial charge in [0, 0.05) is 9.86 Å². The third kappa shape index (κ3) is 2.25. The molecule has 0 saturated heterocycles. The van der Waals surface area contributed by atoms with E-state index in [-0.39, 0.29) is 11.4 Å². The fourth-order valence-electron chi connectivity index (χ4n) is 2.24. The van der Waals surface area contributed by atoms with Gasteiger partial charge in [0.25, 0.3) is 0 Å². The summed E-state index contributed by atoms with van der Waals surface area (Å²) in [6, 6.07) is 12.1. The summed E-state index contributed by atoms with van der Waals surface area (Å²) in [6.45, 7) is 2.01. The smallest absolute Gasteiger partial charge is 0.169 e. The third-order valence-corrected chi connectivity index (χ3v) is 4.00. The number of rotatable bonds is 2. The van der Waals surface area contributed by atoms with Crippen molar-refractivity contribution < 1.29 is 8.81 Å². The zero-order chi connectivity index (χ0) is 14.3. The van der Waals surface area contributed by atoms with Crippen LogP contribution in [0.4, 0.5) is 4.39 Å². The van der Waals surface area contributed by atoms with E-state index in [1.807, 2.05) is 31.2 Å². The van der Waals surface area contributed by atoms with Crippen LogP contribution < -0.4 is 5.73 Å². The number of hydrogen-bond donors (Lipinski definition) is 1. The van der Waals surface area contributed by atoms with E-state index in [4.69, 9.17) is 10.2 Å². The average molecular weight is 334 g/mol. The highest BCUT2D eigenvalue weighted by Gasteiger charge is 2.18. The first-order chi connectivity index (χ1) is 9.56. The largest absolute Gasteiger partial charge is 0.456 e. The van der Waals surface area contributed by atoms with Crippen LogP contribution in [0.3, 0.4) is 0 Å². The summed E-state index contributed by atoms with van der Waals surface area (Å²) in [5.74, 6) is 0.179. The number of aryl methyl sites for hydroxylation is 1. The first-order valence-corrected chi connectivity index (χ1v) is 7.05. The van der Waals surface area contributed by atoms with Crippen molar-refractivity contribution in [2.24, 2.45) is 5.73 Å². The van der Waals surface area contributed by atoms with Crippen LogP contribution in [-0.4, -0.2) is 0 Å². The van der Waals surface area contributed by atoms with Gasteiger partial charge in [0.05, 0.1) is 6.04 Å². The Bertz CT molecular complexity index is 781. The maximum Gasteiger partial charge on any atom is 0.169 e. The number of furan rings is 1. The van der Waals surface area contributed by atoms with E-state index in [9.17, 15) is 4.39 Å². The molecule has 0 amide bonds. The molecule has 3 aromatic rings. The molecule has 2 N–H and O–H groups in total. The standard InChI is InChI=1S/C16H13BrFNO/c1-9-5-6-11(12(17)7-9)15(19)14-8-10-3-2-4-13(18)16(10)20-14/h2-8,15H,19H2,1H3. The Labute approximate surface area is 124 Å². The van der Waals surface area contributed by atoms with Gasteiger partial charge in [0.2, 0.25) is 0 Å². The molecular weight excluding hydrogens is 321 g/mol. The predicted molar refractivity (Wildman–Crippen MR) is 81.1 cm³/mol. The monoisotopic (exact) mass is 333 g/mol. The molecule has 102 valence electrons. The highest BCUT2D eigenvalue weighted by atomic mass is 79.9. The van der Waals surface area contributed by atoms with Crippen LogP contribution in [-0.2, 0) is 0 Å². The van der Waals surface area contributed by atoms with Gasteiger partial charge in [-0.3, -0.25) is 0 Å². The summed E-state index contributed by atoms with van der Waals surface area (Å²) in [6.07, 6.45) is 0. The van der Waals surface area contributed by atoms with Crippen LogP contribution in [0, 0.1) is 12.7 Å². The second-order valence-electron chi connectivity index (χ2n) is 4.81. The van der Waals surface area contributed by atoms with Crippen LogP contribution in [0.2, 0.25) is 0 Å². The van der Waals surface area contributed by atoms with E-state index in [1.165, 1.54) is 6.07 Å². The third-order valence-electron chi connectivity index (χ3n) is 3.31. The van der Waals surface area contributed by atoms with Crippen LogP contribution in [0.5, 0.6) is 0 Å². The van der Waals surface area contributed by atoms with Crippen molar-refractivity contribution >= 4 is 26.9 Å². The van der Waals surface area contributed by atoms with Crippen molar-refractivity contribution in [3.8, 4) is 0 Å². The molecule has 1 heterocycles. The number of halogens is 2. The first kappa shape index (κ1) is 13.3. The van der Waals surface area contributed by atoms with Crippen molar-refractivity contribution in [2.45, 2.75) is 13.0 Å². The van der Waals surface area contributed by atoms with Gasteiger partial charge in [0.15, 0.2) is 11.4 Å². The summed E-state index contributed by atoms with van der Waals surface area (Å²) >= 11 is 3.51. The van der Waals surface area contributed by atoms with E-state index in [0.717, 1.165) is 21.0 Å². The first-order valence-electron chi connectivity index (χ1n) is 6.26. The molecule has 0 aliphatic heterocycles. The van der Waals surface area contributed by atoms with Crippen molar-refractivity contribution in [1.82, 2.24) is 0 Å². The SMILES string of the molecule is Cc1ccc(C(N)c2cc3cccc(F)c3o2)c(Br)c1. The van der Waals surface area contributed by atoms with Gasteiger partial charge in [-0.1, -0.05) is 40.2 Å². The van der Waals surface area contributed by atoms with Crippen LogP contribution >= 0.6 is 15.9 Å². The molecule has 0 aliphatic rings. The molecule has 2 aromatic carbocycles. The molecule has 4 heteroatoms. The van der Waals surface area contributed by atoms with Crippen molar-refractivity contribution in [2.75, 3.05) is 0 Å². The van der Waals surface area contributed by atoms with Crippen LogP contribution in [0.25, 0.3) is 11.0 Å². The molecule has 0 radical (unpaired) electrons. The van der Waals surface area contributed by atoms with Crippen molar-refractivity contribution in [3.63, 3.8) is 0 Å². The summed E-state index contributed by atoms with van der Waals surface area (Å²) < 4.78 is 20.2. The molecule has 2 nitrogen and oxygen atoms in total. The van der Waals surface area contributed by atoms with E-state index in [1.54, 1.807) is 12.1 Å². The highest BCUT2D eigenvalue weighted by molar-refractivity contribution is 9.10. The summed E-state index contributed by atoms with van der Waals surface area (Å²) in [7, 11) is 0. The maximum atomic E-state index is 13.7. The zero-order valence-electron chi connectivity index (χ0n) is 10.9. The van der Waals surface area contributed by atoms with Gasteiger partial charge in [-0.15, -0.1) is 0 Å². The predicted octanol–water partition coefficient (Wildman–Crippen LogP) is 4.69. The van der Waals surface area contributed by atoms with E-state index in [2.05, 4.69) is 15.9 Å². The summed E-state index contributed by atoms with van der Waals surface area (Å²) in [5.41, 5.74) is 8.54. The Morgan fingerprint density at radius 2 is 2.00 bits per heavy atom. The van der Waals surface area contributed by atoms with Gasteiger partial charge in [-0.05, 0) is 36.2 Å². The van der Waals surface area contributed by atoms with Crippen LogP contribution in [0.15, 0.2) is 51.4 Å².